The predicted molar refractivity (Wildman–Crippen MR) is 111 cm³/mol. The van der Waals surface area contributed by atoms with Gasteiger partial charge in [-0.1, -0.05) is 78.9 Å². The molecule has 3 aromatic carbocycles. The molecule has 0 fully saturated rings. The molecule has 0 saturated heterocycles. The molecule has 0 spiro atoms. The van der Waals surface area contributed by atoms with Crippen molar-refractivity contribution in [2.75, 3.05) is 10.7 Å². The van der Waals surface area contributed by atoms with Gasteiger partial charge >= 0.3 is 0 Å². The smallest absolute Gasteiger partial charge is 0.216 e. The third kappa shape index (κ3) is 4.62. The summed E-state index contributed by atoms with van der Waals surface area (Å²) in [6, 6.07) is 27.8. The van der Waals surface area contributed by atoms with Crippen LogP contribution in [0.3, 0.4) is 0 Å². The molecule has 0 bridgehead atoms. The zero-order valence-corrected chi connectivity index (χ0v) is 14.7. The third-order valence-corrected chi connectivity index (χ3v) is 3.86. The van der Waals surface area contributed by atoms with Crippen LogP contribution in [0.25, 0.3) is 0 Å². The SMILES string of the molecule is O=C(/C(=N\Nc1ccccc1)C(=S)Nc1ccccc1)c1ccccc1. The number of Topliss-reactive ketones (excluding diaryl/α,β-unsaturated/α-hetero) is 1. The number of carbonyl (C=O) groups excluding carboxylic acids is 1. The number of nitrogens with one attached hydrogen (secondary N) is 2. The molecule has 5 heteroatoms. The Labute approximate surface area is 157 Å². The maximum absolute atomic E-state index is 12.9. The van der Waals surface area contributed by atoms with Crippen LogP contribution in [0.5, 0.6) is 0 Å². The first-order chi connectivity index (χ1) is 12.7. The molecule has 0 aromatic heterocycles. The summed E-state index contributed by atoms with van der Waals surface area (Å²) < 4.78 is 0. The summed E-state index contributed by atoms with van der Waals surface area (Å²) >= 11 is 5.45. The topological polar surface area (TPSA) is 53.5 Å². The summed E-state index contributed by atoms with van der Waals surface area (Å²) in [6.45, 7) is 0. The molecule has 3 aromatic rings. The largest absolute Gasteiger partial charge is 0.345 e. The van der Waals surface area contributed by atoms with Gasteiger partial charge in [0.05, 0.1) is 5.69 Å². The van der Waals surface area contributed by atoms with Gasteiger partial charge in [0.2, 0.25) is 5.78 Å². The second-order valence-corrected chi connectivity index (χ2v) is 5.86. The Morgan fingerprint density at radius 2 is 1.23 bits per heavy atom. The molecule has 0 unspecified atom stereocenters. The minimum atomic E-state index is -0.248. The minimum absolute atomic E-state index is 0.152. The van der Waals surface area contributed by atoms with Crippen molar-refractivity contribution in [1.29, 1.82) is 0 Å². The standard InChI is InChI=1S/C21H17N3OS/c25-20(16-10-4-1-5-11-16)19(24-23-18-14-8-3-9-15-18)21(26)22-17-12-6-2-7-13-17/h1-15,23H,(H,22,26)/b24-19+. The zero-order valence-electron chi connectivity index (χ0n) is 13.9. The van der Waals surface area contributed by atoms with E-state index in [1.807, 2.05) is 78.9 Å². The van der Waals surface area contributed by atoms with Gasteiger partial charge in [-0.3, -0.25) is 10.2 Å². The van der Waals surface area contributed by atoms with Crippen molar-refractivity contribution in [3.8, 4) is 0 Å². The van der Waals surface area contributed by atoms with E-state index < -0.39 is 0 Å². The number of thiocarbonyl (C=S) groups is 1. The first-order valence-corrected chi connectivity index (χ1v) is 8.50. The Balaban J connectivity index is 1.87. The van der Waals surface area contributed by atoms with Crippen LogP contribution in [-0.4, -0.2) is 16.5 Å². The van der Waals surface area contributed by atoms with Crippen LogP contribution < -0.4 is 10.7 Å². The van der Waals surface area contributed by atoms with E-state index in [0.29, 0.717) is 5.56 Å². The number of rotatable bonds is 6. The van der Waals surface area contributed by atoms with E-state index in [2.05, 4.69) is 15.8 Å². The first-order valence-electron chi connectivity index (χ1n) is 8.09. The Kier molecular flexibility index (Phi) is 5.85. The van der Waals surface area contributed by atoms with Gasteiger partial charge in [0.25, 0.3) is 0 Å². The summed E-state index contributed by atoms with van der Waals surface area (Å²) in [5.41, 5.74) is 5.15. The van der Waals surface area contributed by atoms with Gasteiger partial charge in [0.15, 0.2) is 5.71 Å². The molecule has 0 aliphatic heterocycles. The van der Waals surface area contributed by atoms with Gasteiger partial charge in [-0.05, 0) is 24.3 Å². The van der Waals surface area contributed by atoms with Crippen molar-refractivity contribution in [1.82, 2.24) is 0 Å². The van der Waals surface area contributed by atoms with Gasteiger partial charge < -0.3 is 5.32 Å². The number of nitrogens with zero attached hydrogens (tertiary/aromatic N) is 1. The highest BCUT2D eigenvalue weighted by Crippen LogP contribution is 2.10. The molecule has 26 heavy (non-hydrogen) atoms. The van der Waals surface area contributed by atoms with E-state index in [0.717, 1.165) is 11.4 Å². The molecule has 0 radical (unpaired) electrons. The highest BCUT2D eigenvalue weighted by Gasteiger charge is 2.19. The van der Waals surface area contributed by atoms with Gasteiger partial charge in [0, 0.05) is 11.3 Å². The molecular weight excluding hydrogens is 342 g/mol. The number of hydrazone groups is 1. The molecule has 128 valence electrons. The Morgan fingerprint density at radius 3 is 1.81 bits per heavy atom. The van der Waals surface area contributed by atoms with Crippen molar-refractivity contribution in [2.45, 2.75) is 0 Å². The maximum atomic E-state index is 12.9. The Bertz CT molecular complexity index is 910. The number of benzene rings is 3. The molecule has 4 nitrogen and oxygen atoms in total. The number of para-hydroxylation sites is 2. The van der Waals surface area contributed by atoms with Crippen LogP contribution in [0.15, 0.2) is 96.1 Å². The average Bonchev–Trinajstić information content (AvgIpc) is 2.70. The summed E-state index contributed by atoms with van der Waals surface area (Å²) in [4.78, 5) is 13.2. The number of ketones is 1. The fraction of sp³-hybridized carbons (Fsp3) is 0. The molecule has 0 heterocycles. The van der Waals surface area contributed by atoms with Crippen molar-refractivity contribution < 1.29 is 4.79 Å². The monoisotopic (exact) mass is 359 g/mol. The van der Waals surface area contributed by atoms with E-state index in [9.17, 15) is 4.79 Å². The third-order valence-electron chi connectivity index (χ3n) is 3.57. The zero-order chi connectivity index (χ0) is 18.2. The Morgan fingerprint density at radius 1 is 0.731 bits per heavy atom. The molecule has 0 aliphatic carbocycles. The molecule has 3 rings (SSSR count). The number of hydrogen-bond donors (Lipinski definition) is 2. The highest BCUT2D eigenvalue weighted by atomic mass is 32.1. The lowest BCUT2D eigenvalue weighted by molar-refractivity contribution is 0.106. The lowest BCUT2D eigenvalue weighted by Crippen LogP contribution is -2.29. The summed E-state index contributed by atoms with van der Waals surface area (Å²) in [5, 5.41) is 7.35. The van der Waals surface area contributed by atoms with Gasteiger partial charge in [0.1, 0.15) is 4.99 Å². The lowest BCUT2D eigenvalue weighted by Gasteiger charge is -2.11. The van der Waals surface area contributed by atoms with Gasteiger partial charge in [-0.2, -0.15) is 5.10 Å². The van der Waals surface area contributed by atoms with Crippen LogP contribution in [0.4, 0.5) is 11.4 Å². The van der Waals surface area contributed by atoms with Crippen molar-refractivity contribution >= 4 is 40.1 Å². The van der Waals surface area contributed by atoms with E-state index >= 15 is 0 Å². The molecule has 0 saturated carbocycles. The highest BCUT2D eigenvalue weighted by molar-refractivity contribution is 7.82. The molecule has 0 atom stereocenters. The maximum Gasteiger partial charge on any atom is 0.216 e. The van der Waals surface area contributed by atoms with Crippen LogP contribution in [0, 0.1) is 0 Å². The van der Waals surface area contributed by atoms with E-state index in [1.165, 1.54) is 0 Å². The molecular formula is C21H17N3OS. The molecule has 2 N–H and O–H groups in total. The minimum Gasteiger partial charge on any atom is -0.345 e. The van der Waals surface area contributed by atoms with Crippen molar-refractivity contribution in [2.24, 2.45) is 5.10 Å². The number of anilines is 2. The van der Waals surface area contributed by atoms with Crippen LogP contribution in [0.1, 0.15) is 10.4 Å². The van der Waals surface area contributed by atoms with Crippen molar-refractivity contribution in [3.05, 3.63) is 96.6 Å². The second-order valence-electron chi connectivity index (χ2n) is 5.45. The first kappa shape index (κ1) is 17.5. The lowest BCUT2D eigenvalue weighted by atomic mass is 10.1. The van der Waals surface area contributed by atoms with E-state index in [4.69, 9.17) is 12.2 Å². The van der Waals surface area contributed by atoms with Gasteiger partial charge in [-0.15, -0.1) is 0 Å². The summed E-state index contributed by atoms with van der Waals surface area (Å²) in [6.07, 6.45) is 0. The summed E-state index contributed by atoms with van der Waals surface area (Å²) in [5.74, 6) is -0.248. The average molecular weight is 359 g/mol. The number of carbonyl (C=O) groups is 1. The molecule has 0 aliphatic rings. The normalized spacial score (nSPS) is 10.8. The Hall–Kier alpha value is -3.31. The quantitative estimate of drug-likeness (QED) is 0.288. The van der Waals surface area contributed by atoms with Gasteiger partial charge in [-0.25, -0.2) is 0 Å². The fourth-order valence-electron chi connectivity index (χ4n) is 2.28. The predicted octanol–water partition coefficient (Wildman–Crippen LogP) is 4.78. The van der Waals surface area contributed by atoms with Crippen LogP contribution >= 0.6 is 12.2 Å². The fourth-order valence-corrected chi connectivity index (χ4v) is 2.53. The second kappa shape index (κ2) is 8.69. The van der Waals surface area contributed by atoms with E-state index in [-0.39, 0.29) is 16.5 Å². The van der Waals surface area contributed by atoms with Crippen molar-refractivity contribution in [3.63, 3.8) is 0 Å². The van der Waals surface area contributed by atoms with Crippen LogP contribution in [-0.2, 0) is 0 Å². The van der Waals surface area contributed by atoms with E-state index in [1.54, 1.807) is 12.1 Å². The summed E-state index contributed by atoms with van der Waals surface area (Å²) in [7, 11) is 0. The molecule has 0 amide bonds. The van der Waals surface area contributed by atoms with Crippen LogP contribution in [0.2, 0.25) is 0 Å². The number of hydrogen-bond acceptors (Lipinski definition) is 4.